The fourth-order valence-corrected chi connectivity index (χ4v) is 2.91. The maximum Gasteiger partial charge on any atom is 0.338 e. The average Bonchev–Trinajstić information content (AvgIpc) is 2.69. The Morgan fingerprint density at radius 1 is 1.21 bits per heavy atom. The number of aryl methyl sites for hydroxylation is 1. The van der Waals surface area contributed by atoms with Crippen molar-refractivity contribution < 1.29 is 14.3 Å². The highest BCUT2D eigenvalue weighted by Crippen LogP contribution is 2.18. The number of ether oxygens (including phenoxy) is 2. The largest absolute Gasteiger partial charge is 0.462 e. The van der Waals surface area contributed by atoms with E-state index in [-0.39, 0.29) is 5.97 Å². The molecule has 150 valence electrons. The van der Waals surface area contributed by atoms with Crippen LogP contribution in [0.1, 0.15) is 23.0 Å². The zero-order valence-corrected chi connectivity index (χ0v) is 16.4. The number of rotatable bonds is 8. The van der Waals surface area contributed by atoms with Gasteiger partial charge in [0.2, 0.25) is 5.95 Å². The first kappa shape index (κ1) is 20.0. The van der Waals surface area contributed by atoms with E-state index >= 15 is 0 Å². The van der Waals surface area contributed by atoms with E-state index in [1.54, 1.807) is 19.1 Å². The standard InChI is InChI=1S/C20H27N5O3/c1-3-28-19(26)16-4-6-17(7-5-16)23-18-14-15(2)22-20(24-18)21-8-9-25-10-12-27-13-11-25/h4-7,14H,3,8-13H2,1-2H3,(H2,21,22,23,24). The van der Waals surface area contributed by atoms with Gasteiger partial charge in [-0.3, -0.25) is 4.90 Å². The third kappa shape index (κ3) is 5.90. The Labute approximate surface area is 165 Å². The molecule has 2 N–H and O–H groups in total. The molecule has 1 aliphatic heterocycles. The molecule has 0 aliphatic carbocycles. The first-order chi connectivity index (χ1) is 13.6. The third-order valence-corrected chi connectivity index (χ3v) is 4.34. The number of benzene rings is 1. The fraction of sp³-hybridized carbons (Fsp3) is 0.450. The quantitative estimate of drug-likeness (QED) is 0.670. The minimum atomic E-state index is -0.321. The van der Waals surface area contributed by atoms with Gasteiger partial charge in [0.15, 0.2) is 0 Å². The van der Waals surface area contributed by atoms with Crippen molar-refractivity contribution in [3.63, 3.8) is 0 Å². The summed E-state index contributed by atoms with van der Waals surface area (Å²) in [5, 5.41) is 6.54. The van der Waals surface area contributed by atoms with Crippen LogP contribution in [0.3, 0.4) is 0 Å². The fourth-order valence-electron chi connectivity index (χ4n) is 2.91. The Kier molecular flexibility index (Phi) is 7.16. The summed E-state index contributed by atoms with van der Waals surface area (Å²) in [5.41, 5.74) is 2.23. The molecule has 8 nitrogen and oxygen atoms in total. The van der Waals surface area contributed by atoms with Gasteiger partial charge < -0.3 is 20.1 Å². The molecule has 0 atom stereocenters. The average molecular weight is 385 g/mol. The Hall–Kier alpha value is -2.71. The smallest absolute Gasteiger partial charge is 0.338 e. The summed E-state index contributed by atoms with van der Waals surface area (Å²) in [4.78, 5) is 23.1. The molecule has 3 rings (SSSR count). The molecule has 0 saturated carbocycles. The summed E-state index contributed by atoms with van der Waals surface area (Å²) < 4.78 is 10.4. The summed E-state index contributed by atoms with van der Waals surface area (Å²) in [6.45, 7) is 9.31. The minimum absolute atomic E-state index is 0.321. The maximum atomic E-state index is 11.7. The van der Waals surface area contributed by atoms with Gasteiger partial charge in [0.25, 0.3) is 0 Å². The predicted octanol–water partition coefficient (Wildman–Crippen LogP) is 2.45. The third-order valence-electron chi connectivity index (χ3n) is 4.34. The number of esters is 1. The molecule has 1 aliphatic rings. The first-order valence-electron chi connectivity index (χ1n) is 9.58. The van der Waals surface area contributed by atoms with E-state index in [4.69, 9.17) is 9.47 Å². The number of nitrogens with one attached hydrogen (secondary N) is 2. The number of carbonyl (C=O) groups excluding carboxylic acids is 1. The zero-order valence-electron chi connectivity index (χ0n) is 16.4. The van der Waals surface area contributed by atoms with Gasteiger partial charge in [-0.25, -0.2) is 9.78 Å². The summed E-state index contributed by atoms with van der Waals surface area (Å²) in [6, 6.07) is 9.00. The van der Waals surface area contributed by atoms with Crippen LogP contribution in [0.2, 0.25) is 0 Å². The second kappa shape index (κ2) is 10.0. The van der Waals surface area contributed by atoms with E-state index in [9.17, 15) is 4.79 Å². The monoisotopic (exact) mass is 385 g/mol. The highest BCUT2D eigenvalue weighted by atomic mass is 16.5. The van der Waals surface area contributed by atoms with Crippen molar-refractivity contribution in [1.29, 1.82) is 0 Å². The number of hydrogen-bond acceptors (Lipinski definition) is 8. The van der Waals surface area contributed by atoms with Crippen LogP contribution < -0.4 is 10.6 Å². The normalized spacial score (nSPS) is 14.5. The molecule has 0 unspecified atom stereocenters. The predicted molar refractivity (Wildman–Crippen MR) is 108 cm³/mol. The van der Waals surface area contributed by atoms with Crippen LogP contribution in [0.5, 0.6) is 0 Å². The van der Waals surface area contributed by atoms with Crippen LogP contribution in [0.4, 0.5) is 17.5 Å². The van der Waals surface area contributed by atoms with Gasteiger partial charge in [-0.1, -0.05) is 0 Å². The van der Waals surface area contributed by atoms with Gasteiger partial charge in [-0.15, -0.1) is 0 Å². The van der Waals surface area contributed by atoms with Crippen LogP contribution in [-0.2, 0) is 9.47 Å². The molecule has 1 aromatic heterocycles. The molecule has 0 spiro atoms. The molecule has 1 saturated heterocycles. The number of anilines is 3. The first-order valence-corrected chi connectivity index (χ1v) is 9.58. The second-order valence-corrected chi connectivity index (χ2v) is 6.52. The van der Waals surface area contributed by atoms with E-state index in [2.05, 4.69) is 25.5 Å². The van der Waals surface area contributed by atoms with Gasteiger partial charge in [0.1, 0.15) is 5.82 Å². The van der Waals surface area contributed by atoms with Crippen LogP contribution in [0.25, 0.3) is 0 Å². The molecule has 1 fully saturated rings. The highest BCUT2D eigenvalue weighted by molar-refractivity contribution is 5.89. The van der Waals surface area contributed by atoms with Gasteiger partial charge in [0, 0.05) is 43.6 Å². The van der Waals surface area contributed by atoms with E-state index in [0.717, 1.165) is 50.8 Å². The number of aromatic nitrogens is 2. The summed E-state index contributed by atoms with van der Waals surface area (Å²) in [5.74, 6) is 0.975. The molecule has 2 aromatic rings. The molecule has 8 heteroatoms. The Bertz CT molecular complexity index is 776. The lowest BCUT2D eigenvalue weighted by atomic mass is 10.2. The van der Waals surface area contributed by atoms with Crippen LogP contribution in [0, 0.1) is 6.92 Å². The number of nitrogens with zero attached hydrogens (tertiary/aromatic N) is 3. The van der Waals surface area contributed by atoms with Crippen molar-refractivity contribution in [2.24, 2.45) is 0 Å². The zero-order chi connectivity index (χ0) is 19.8. The van der Waals surface area contributed by atoms with E-state index in [1.165, 1.54) is 0 Å². The van der Waals surface area contributed by atoms with Crippen molar-refractivity contribution in [3.05, 3.63) is 41.6 Å². The molecule has 0 bridgehead atoms. The topological polar surface area (TPSA) is 88.6 Å². The molecule has 0 amide bonds. The number of hydrogen-bond donors (Lipinski definition) is 2. The molecular weight excluding hydrogens is 358 g/mol. The molecule has 28 heavy (non-hydrogen) atoms. The molecule has 2 heterocycles. The Morgan fingerprint density at radius 2 is 1.96 bits per heavy atom. The lowest BCUT2D eigenvalue weighted by Gasteiger charge is -2.26. The summed E-state index contributed by atoms with van der Waals surface area (Å²) >= 11 is 0. The Balaban J connectivity index is 1.57. The van der Waals surface area contributed by atoms with Crippen molar-refractivity contribution in [2.75, 3.05) is 56.6 Å². The lowest BCUT2D eigenvalue weighted by Crippen LogP contribution is -2.39. The van der Waals surface area contributed by atoms with E-state index < -0.39 is 0 Å². The second-order valence-electron chi connectivity index (χ2n) is 6.52. The van der Waals surface area contributed by atoms with Gasteiger partial charge >= 0.3 is 5.97 Å². The Morgan fingerprint density at radius 3 is 2.68 bits per heavy atom. The molecular formula is C20H27N5O3. The number of morpholine rings is 1. The van der Waals surface area contributed by atoms with Crippen molar-refractivity contribution in [1.82, 2.24) is 14.9 Å². The maximum absolute atomic E-state index is 11.7. The number of carbonyl (C=O) groups is 1. The van der Waals surface area contributed by atoms with Crippen molar-refractivity contribution in [3.8, 4) is 0 Å². The lowest BCUT2D eigenvalue weighted by molar-refractivity contribution is 0.0398. The van der Waals surface area contributed by atoms with Crippen molar-refractivity contribution in [2.45, 2.75) is 13.8 Å². The highest BCUT2D eigenvalue weighted by Gasteiger charge is 2.10. The van der Waals surface area contributed by atoms with Gasteiger partial charge in [-0.05, 0) is 38.1 Å². The SMILES string of the molecule is CCOC(=O)c1ccc(Nc2cc(C)nc(NCCN3CCOCC3)n2)cc1. The van der Waals surface area contributed by atoms with Gasteiger partial charge in [-0.2, -0.15) is 4.98 Å². The van der Waals surface area contributed by atoms with Crippen LogP contribution >= 0.6 is 0 Å². The minimum Gasteiger partial charge on any atom is -0.462 e. The van der Waals surface area contributed by atoms with E-state index in [1.807, 2.05) is 25.1 Å². The molecule has 1 aromatic carbocycles. The van der Waals surface area contributed by atoms with Gasteiger partial charge in [0.05, 0.1) is 25.4 Å². The summed E-state index contributed by atoms with van der Waals surface area (Å²) in [6.07, 6.45) is 0. The molecule has 0 radical (unpaired) electrons. The van der Waals surface area contributed by atoms with E-state index in [0.29, 0.717) is 23.9 Å². The van der Waals surface area contributed by atoms with Crippen molar-refractivity contribution >= 4 is 23.4 Å². The van der Waals surface area contributed by atoms with Crippen LogP contribution in [0.15, 0.2) is 30.3 Å². The van der Waals surface area contributed by atoms with Crippen LogP contribution in [-0.4, -0.2) is 66.8 Å². The summed E-state index contributed by atoms with van der Waals surface area (Å²) in [7, 11) is 0.